The van der Waals surface area contributed by atoms with Gasteiger partial charge in [-0.05, 0) is 119 Å². The Hall–Kier alpha value is -17.8. The van der Waals surface area contributed by atoms with Crippen molar-refractivity contribution in [2.75, 3.05) is 0 Å². The number of phenolic OH excluding ortho intramolecular Hbond substituents is 15. The van der Waals surface area contributed by atoms with Crippen LogP contribution in [0.3, 0.4) is 0 Å². The standard InChI is InChI=1S/2C15H14O6.C15H10O6.C15H10O5.2C15H10O2.C15H14O2/c2*16-8-4-11(18)9-6-13(20)15(21-14(9)5-8)7-1-2-10(17)12(19)3-7;16-8-4-11(19)15-12(20)6-13(21-14(15)5-8)7-1-2-9(17)10(18)3-7;16-9-3-1-8(2-4-9)13-7-12(19)15-11(18)5-10(17)6-14(15)20-13;2*16-13-10-15(11-6-2-1-3-7-11)17-14-9-5-4-8-12(13)14;16-13-10-12-8-4-5-9-14(12)17-15(13)11-6-2-1-3-7-11/h2*1-5,13,15-20H,6H2;1-6,16-19H;1-7,16-18H;2*1-10H;1-9,13,15-16H,10H2/t13-,15+;13-,15-;;;;;/m01...../s1. The van der Waals surface area contributed by atoms with Gasteiger partial charge >= 0.3 is 0 Å². The van der Waals surface area contributed by atoms with E-state index in [2.05, 4.69) is 0 Å². The second-order valence-electron chi connectivity index (χ2n) is 30.9. The topological polar surface area (TPSA) is 513 Å². The summed E-state index contributed by atoms with van der Waals surface area (Å²) in [6, 6.07) is 85.1. The lowest BCUT2D eigenvalue weighted by Gasteiger charge is -2.31. The van der Waals surface area contributed by atoms with Gasteiger partial charge in [-0.3, -0.25) is 19.2 Å². The zero-order valence-electron chi connectivity index (χ0n) is 70.1. The lowest BCUT2D eigenvalue weighted by molar-refractivity contribution is 0.0196. The number of para-hydroxylation sites is 3. The number of aliphatic hydroxyl groups is 3. The molecule has 18 aromatic rings. The molecule has 0 spiro atoms. The molecule has 14 aromatic carbocycles. The number of aliphatic hydroxyl groups excluding tert-OH is 3. The minimum atomic E-state index is -0.933. The number of ether oxygens (including phenoxy) is 3. The molecule has 3 aliphatic heterocycles. The Morgan fingerprint density at radius 1 is 0.224 bits per heavy atom. The zero-order valence-corrected chi connectivity index (χ0v) is 70.1. The van der Waals surface area contributed by atoms with Gasteiger partial charge in [0.25, 0.3) is 0 Å². The average Bonchev–Trinajstić information content (AvgIpc) is 0.800. The van der Waals surface area contributed by atoms with Gasteiger partial charge in [0.2, 0.25) is 0 Å². The highest BCUT2D eigenvalue weighted by atomic mass is 16.5. The second-order valence-corrected chi connectivity index (χ2v) is 30.9. The molecule has 29 nitrogen and oxygen atoms in total. The Kier molecular flexibility index (Phi) is 27.0. The van der Waals surface area contributed by atoms with E-state index in [4.69, 9.17) is 31.9 Å². The van der Waals surface area contributed by atoms with Crippen LogP contribution in [0.25, 0.3) is 89.2 Å². The van der Waals surface area contributed by atoms with Crippen molar-refractivity contribution < 1.29 is 124 Å². The molecular weight excluding hydrogens is 1730 g/mol. The van der Waals surface area contributed by atoms with E-state index in [1.807, 2.05) is 152 Å². The Labute approximate surface area is 758 Å². The summed E-state index contributed by atoms with van der Waals surface area (Å²) in [5.41, 5.74) is 7.12. The normalized spacial score (nSPS) is 15.3. The third-order valence-electron chi connectivity index (χ3n) is 21.5. The predicted octanol–water partition coefficient (Wildman–Crippen LogP) is 17.6. The van der Waals surface area contributed by atoms with Gasteiger partial charge in [0.1, 0.15) is 143 Å². The van der Waals surface area contributed by atoms with Gasteiger partial charge in [0, 0.05) is 125 Å². The summed E-state index contributed by atoms with van der Waals surface area (Å²) in [4.78, 5) is 47.9. The van der Waals surface area contributed by atoms with Crippen molar-refractivity contribution in [3.8, 4) is 149 Å². The van der Waals surface area contributed by atoms with E-state index in [0.717, 1.165) is 46.2 Å². The van der Waals surface area contributed by atoms with Crippen LogP contribution in [0.5, 0.6) is 103 Å². The van der Waals surface area contributed by atoms with E-state index in [1.165, 1.54) is 121 Å². The van der Waals surface area contributed by atoms with Gasteiger partial charge in [-0.1, -0.05) is 146 Å². The summed E-state index contributed by atoms with van der Waals surface area (Å²) in [6.07, 6.45) is -3.21. The maximum Gasteiger partial charge on any atom is 0.197 e. The number of phenols is 15. The molecule has 6 atom stereocenters. The van der Waals surface area contributed by atoms with E-state index >= 15 is 0 Å². The predicted molar refractivity (Wildman–Crippen MR) is 495 cm³/mol. The number of benzene rings is 14. The quantitative estimate of drug-likeness (QED) is 0.0659. The fourth-order valence-electron chi connectivity index (χ4n) is 15.0. The van der Waals surface area contributed by atoms with Crippen molar-refractivity contribution in [2.45, 2.75) is 55.9 Å². The molecule has 0 radical (unpaired) electrons. The summed E-state index contributed by atoms with van der Waals surface area (Å²) in [7, 11) is 0. The van der Waals surface area contributed by atoms with Crippen LogP contribution >= 0.6 is 0 Å². The Balaban J connectivity index is 0.000000119. The van der Waals surface area contributed by atoms with Crippen molar-refractivity contribution in [1.29, 1.82) is 0 Å². The number of rotatable bonds is 7. The van der Waals surface area contributed by atoms with E-state index in [9.17, 15) is 111 Å². The van der Waals surface area contributed by atoms with Crippen LogP contribution in [0.1, 0.15) is 51.7 Å². The van der Waals surface area contributed by atoms with E-state index in [1.54, 1.807) is 24.3 Å². The molecule has 134 heavy (non-hydrogen) atoms. The average molecular weight is 1810 g/mol. The highest BCUT2D eigenvalue weighted by molar-refractivity contribution is 5.88. The third kappa shape index (κ3) is 21.0. The van der Waals surface area contributed by atoms with Crippen LogP contribution in [0.2, 0.25) is 0 Å². The van der Waals surface area contributed by atoms with Gasteiger partial charge in [-0.2, -0.15) is 0 Å². The third-order valence-corrected chi connectivity index (χ3v) is 21.5. The fraction of sp³-hybridized carbons (Fsp3) is 0.0857. The van der Waals surface area contributed by atoms with Crippen molar-refractivity contribution in [1.82, 2.24) is 0 Å². The lowest BCUT2D eigenvalue weighted by atomic mass is 9.94. The van der Waals surface area contributed by atoms with Crippen molar-refractivity contribution in [3.63, 3.8) is 0 Å². The second kappa shape index (κ2) is 39.8. The van der Waals surface area contributed by atoms with Gasteiger partial charge in [-0.25, -0.2) is 0 Å². The van der Waals surface area contributed by atoms with Crippen molar-refractivity contribution in [3.05, 3.63) is 390 Å². The summed E-state index contributed by atoms with van der Waals surface area (Å²) in [5.74, 6) is -0.350. The molecule has 4 aromatic heterocycles. The Bertz CT molecular complexity index is 7340. The number of fused-ring (bicyclic) bond motifs is 7. The van der Waals surface area contributed by atoms with Crippen LogP contribution < -0.4 is 35.9 Å². The summed E-state index contributed by atoms with van der Waals surface area (Å²) in [6.45, 7) is 0. The monoisotopic (exact) mass is 1810 g/mol. The van der Waals surface area contributed by atoms with Crippen molar-refractivity contribution in [2.24, 2.45) is 0 Å². The molecule has 0 aliphatic carbocycles. The molecule has 18 N–H and O–H groups in total. The highest BCUT2D eigenvalue weighted by Crippen LogP contribution is 2.46. The molecule has 29 heteroatoms. The molecule has 0 saturated heterocycles. The van der Waals surface area contributed by atoms with Crippen molar-refractivity contribution >= 4 is 43.9 Å². The first-order chi connectivity index (χ1) is 64.4. The van der Waals surface area contributed by atoms with Crippen LogP contribution in [-0.2, 0) is 19.3 Å². The summed E-state index contributed by atoms with van der Waals surface area (Å²) >= 11 is 0. The maximum atomic E-state index is 12.0. The van der Waals surface area contributed by atoms with Gasteiger partial charge in [0.15, 0.2) is 56.2 Å². The van der Waals surface area contributed by atoms with E-state index in [0.29, 0.717) is 73.3 Å². The smallest absolute Gasteiger partial charge is 0.197 e. The molecule has 21 rings (SSSR count). The molecule has 3 aliphatic rings. The van der Waals surface area contributed by atoms with Gasteiger partial charge in [-0.15, -0.1) is 0 Å². The molecule has 2 unspecified atom stereocenters. The number of hydrogen-bond donors (Lipinski definition) is 18. The first kappa shape index (κ1) is 91.0. The summed E-state index contributed by atoms with van der Waals surface area (Å²) < 4.78 is 39.6. The van der Waals surface area contributed by atoms with Crippen LogP contribution in [0, 0.1) is 0 Å². The van der Waals surface area contributed by atoms with E-state index < -0.39 is 41.4 Å². The Morgan fingerprint density at radius 3 is 1.01 bits per heavy atom. The Morgan fingerprint density at radius 2 is 0.560 bits per heavy atom. The first-order valence-electron chi connectivity index (χ1n) is 41.2. The fourth-order valence-corrected chi connectivity index (χ4v) is 15.0. The largest absolute Gasteiger partial charge is 0.508 e. The molecular formula is C105H82O29. The first-order valence-corrected chi connectivity index (χ1v) is 41.2. The zero-order chi connectivity index (χ0) is 94.7. The molecule has 7 heterocycles. The lowest BCUT2D eigenvalue weighted by Crippen LogP contribution is -2.30. The molecule has 0 amide bonds. The number of hydrogen-bond acceptors (Lipinski definition) is 29. The van der Waals surface area contributed by atoms with E-state index in [-0.39, 0.29) is 161 Å². The minimum Gasteiger partial charge on any atom is -0.508 e. The molecule has 0 bridgehead atoms. The molecule has 0 saturated carbocycles. The van der Waals surface area contributed by atoms with Crippen LogP contribution in [0.15, 0.2) is 352 Å². The minimum absolute atomic E-state index is 0.00861. The number of aromatic hydroxyl groups is 15. The van der Waals surface area contributed by atoms with Crippen LogP contribution in [0.4, 0.5) is 0 Å². The maximum absolute atomic E-state index is 12.0. The van der Waals surface area contributed by atoms with Crippen LogP contribution in [-0.4, -0.2) is 110 Å². The molecule has 676 valence electrons. The highest BCUT2D eigenvalue weighted by Gasteiger charge is 2.35. The van der Waals surface area contributed by atoms with Gasteiger partial charge < -0.3 is 124 Å². The molecule has 0 fully saturated rings. The van der Waals surface area contributed by atoms with Gasteiger partial charge in [0.05, 0.1) is 29.1 Å². The summed E-state index contributed by atoms with van der Waals surface area (Å²) in [5, 5.41) is 174. The SMILES string of the molecule is O=c1cc(-c2ccc(O)c(O)c2)oc2cc(O)cc(O)c12.O=c1cc(-c2ccc(O)cc2)oc2cc(O)cc(O)c12.O=c1cc(-c2ccccc2)oc2ccccc12.O=c1cc(-c2ccccc2)oc2ccccc12.OC1Cc2ccccc2OC1c1ccccc1.Oc1cc(O)c2c(c1)O[C@H](c1ccc(O)c(O)c1)[C@@H](O)C2.Oc1cc(O)c2c(c1)O[C@H](c1ccc(O)c(O)c1)[C@H](O)C2.